The zero-order valence-electron chi connectivity index (χ0n) is 46.4. The minimum atomic E-state index is 0.239. The molecule has 0 amide bonds. The summed E-state index contributed by atoms with van der Waals surface area (Å²) < 4.78 is 0. The Hall–Kier alpha value is -9.70. The zero-order valence-corrected chi connectivity index (χ0v) is 46.4. The van der Waals surface area contributed by atoms with Gasteiger partial charge in [-0.15, -0.1) is 0 Å². The second-order valence-electron chi connectivity index (χ2n) is 20.9. The maximum atomic E-state index is 2.53. The highest BCUT2D eigenvalue weighted by Gasteiger charge is 2.27. The highest BCUT2D eigenvalue weighted by Crippen LogP contribution is 2.50. The van der Waals surface area contributed by atoms with Crippen LogP contribution in [0, 0.1) is 33.6 Å². The monoisotopic (exact) mass is 1030 g/mol. The molecule has 12 rings (SSSR count). The molecule has 0 heterocycles. The fraction of sp³-hybridized carbons (Fsp3) is 0.0909. The maximum Gasteiger partial charge on any atom is 0.0540 e. The molecule has 1 aliphatic rings. The summed E-state index contributed by atoms with van der Waals surface area (Å²) in [6.07, 6.45) is 7.24. The lowest BCUT2D eigenvalue weighted by Crippen LogP contribution is -2.16. The number of benzene rings is 11. The predicted molar refractivity (Wildman–Crippen MR) is 342 cm³/mol. The third kappa shape index (κ3) is 11.7. The molecule has 0 aliphatic heterocycles. The average molecular weight is 1030 g/mol. The third-order valence-electron chi connectivity index (χ3n) is 15.1. The number of para-hydroxylation sites is 4. The smallest absolute Gasteiger partial charge is 0.0540 e. The number of allylic oxidation sites excluding steroid dienone is 4. The fourth-order valence-corrected chi connectivity index (χ4v) is 11.0. The van der Waals surface area contributed by atoms with Gasteiger partial charge in [0.15, 0.2) is 0 Å². The highest BCUT2D eigenvalue weighted by molar-refractivity contribution is 5.98. The SMILES string of the molecule is Cc1ccc(N(c2ccc(C)cc2-c2ccc(N(c3ccccc3)c3ccccc3)cc2)c2ccc(C)cc2-c2ccc(N(c3ccccc3)c3ccccc3)cc2)c(C2=CC(c3ccccc3)C(C)C=C2)c1.Cc1ccccc1. The number of anilines is 9. The van der Waals surface area contributed by atoms with Gasteiger partial charge in [0.05, 0.1) is 17.1 Å². The molecule has 11 aromatic carbocycles. The molecule has 0 spiro atoms. The van der Waals surface area contributed by atoms with E-state index in [4.69, 9.17) is 0 Å². The Kier molecular flexibility index (Phi) is 15.9. The zero-order chi connectivity index (χ0) is 54.8. The van der Waals surface area contributed by atoms with Gasteiger partial charge >= 0.3 is 0 Å². The minimum absolute atomic E-state index is 0.239. The first-order valence-corrected chi connectivity index (χ1v) is 27.9. The van der Waals surface area contributed by atoms with Crippen LogP contribution in [0.4, 0.5) is 51.2 Å². The summed E-state index contributed by atoms with van der Waals surface area (Å²) in [4.78, 5) is 7.18. The second kappa shape index (κ2) is 24.3. The molecular formula is C77H67N3. The molecule has 2 atom stereocenters. The Morgan fingerprint density at radius 3 is 0.975 bits per heavy atom. The van der Waals surface area contributed by atoms with Crippen LogP contribution < -0.4 is 14.7 Å². The van der Waals surface area contributed by atoms with Crippen LogP contribution in [-0.4, -0.2) is 0 Å². The van der Waals surface area contributed by atoms with Crippen LogP contribution in [0.2, 0.25) is 0 Å². The first kappa shape index (κ1) is 52.4. The van der Waals surface area contributed by atoms with E-state index in [1.807, 2.05) is 18.2 Å². The van der Waals surface area contributed by atoms with E-state index in [-0.39, 0.29) is 5.92 Å². The average Bonchev–Trinajstić information content (AvgIpc) is 3.52. The molecular weight excluding hydrogens is 967 g/mol. The Labute approximate surface area is 474 Å². The van der Waals surface area contributed by atoms with Crippen LogP contribution in [0.3, 0.4) is 0 Å². The topological polar surface area (TPSA) is 9.72 Å². The van der Waals surface area contributed by atoms with Gasteiger partial charge in [-0.2, -0.15) is 0 Å². The van der Waals surface area contributed by atoms with Crippen molar-refractivity contribution in [3.8, 4) is 22.3 Å². The van der Waals surface area contributed by atoms with Gasteiger partial charge < -0.3 is 14.7 Å². The molecule has 1 aliphatic carbocycles. The summed E-state index contributed by atoms with van der Waals surface area (Å²) in [6, 6.07) is 103. The van der Waals surface area contributed by atoms with E-state index >= 15 is 0 Å². The van der Waals surface area contributed by atoms with Crippen molar-refractivity contribution in [3.05, 3.63) is 337 Å². The lowest BCUT2D eigenvalue weighted by Gasteiger charge is -2.33. The summed E-state index contributed by atoms with van der Waals surface area (Å²) in [5.74, 6) is 0.593. The van der Waals surface area contributed by atoms with Crippen LogP contribution in [-0.2, 0) is 0 Å². The Morgan fingerprint density at radius 2 is 0.613 bits per heavy atom. The molecule has 0 radical (unpaired) electrons. The molecule has 0 N–H and O–H groups in total. The second-order valence-corrected chi connectivity index (χ2v) is 20.9. The van der Waals surface area contributed by atoms with Gasteiger partial charge in [-0.25, -0.2) is 0 Å². The molecule has 0 fully saturated rings. The van der Waals surface area contributed by atoms with Crippen LogP contribution >= 0.6 is 0 Å². The van der Waals surface area contributed by atoms with Gasteiger partial charge in [-0.1, -0.05) is 223 Å². The quantitative estimate of drug-likeness (QED) is 0.114. The molecule has 2 unspecified atom stereocenters. The van der Waals surface area contributed by atoms with Crippen molar-refractivity contribution in [1.29, 1.82) is 0 Å². The van der Waals surface area contributed by atoms with E-state index in [9.17, 15) is 0 Å². The lowest BCUT2D eigenvalue weighted by molar-refractivity contribution is 0.637. The van der Waals surface area contributed by atoms with E-state index in [0.717, 1.165) is 73.4 Å². The first-order valence-electron chi connectivity index (χ1n) is 27.9. The van der Waals surface area contributed by atoms with Gasteiger partial charge in [0, 0.05) is 56.7 Å². The van der Waals surface area contributed by atoms with Crippen molar-refractivity contribution in [3.63, 3.8) is 0 Å². The van der Waals surface area contributed by atoms with Gasteiger partial charge in [-0.05, 0) is 165 Å². The van der Waals surface area contributed by atoms with E-state index in [1.165, 1.54) is 39.0 Å². The summed E-state index contributed by atoms with van der Waals surface area (Å²) in [5.41, 5.74) is 23.2. The molecule has 80 heavy (non-hydrogen) atoms. The van der Waals surface area contributed by atoms with E-state index in [2.05, 4.69) is 334 Å². The lowest BCUT2D eigenvalue weighted by atomic mass is 9.80. The van der Waals surface area contributed by atoms with E-state index in [0.29, 0.717) is 5.92 Å². The number of hydrogen-bond acceptors (Lipinski definition) is 3. The van der Waals surface area contributed by atoms with Gasteiger partial charge in [-0.3, -0.25) is 0 Å². The summed E-state index contributed by atoms with van der Waals surface area (Å²) >= 11 is 0. The highest BCUT2D eigenvalue weighted by atomic mass is 15.2. The van der Waals surface area contributed by atoms with Crippen molar-refractivity contribution in [2.45, 2.75) is 40.5 Å². The largest absolute Gasteiger partial charge is 0.311 e. The Bertz CT molecular complexity index is 3600. The van der Waals surface area contributed by atoms with Gasteiger partial charge in [0.25, 0.3) is 0 Å². The van der Waals surface area contributed by atoms with Crippen molar-refractivity contribution >= 4 is 56.8 Å². The predicted octanol–water partition coefficient (Wildman–Crippen LogP) is 21.7. The van der Waals surface area contributed by atoms with Crippen molar-refractivity contribution in [1.82, 2.24) is 0 Å². The molecule has 0 saturated heterocycles. The standard InChI is InChI=1S/C70H59N3.C7H8/c1-50-30-43-68(65(46-50)55-35-39-62(40-36-55)71(58-22-12-6-13-23-58)59-24-14-7-15-25-59)73(70-45-32-52(3)48-67(70)57-34-33-53(4)64(49-57)54-20-10-5-11-21-54)69-44-31-51(2)47-66(69)56-37-41-63(42-38-56)72(60-26-16-8-17-27-60)61-28-18-9-19-29-61;1-7-5-3-2-4-6-7/h5-49,53,64H,1-4H3;2-6H,1H3. The number of rotatable bonds is 13. The van der Waals surface area contributed by atoms with Gasteiger partial charge in [0.2, 0.25) is 0 Å². The van der Waals surface area contributed by atoms with Crippen LogP contribution in [0.15, 0.2) is 303 Å². The molecule has 390 valence electrons. The summed E-state index contributed by atoms with van der Waals surface area (Å²) in [6.45, 7) is 11.0. The number of nitrogens with zero attached hydrogens (tertiary/aromatic N) is 3. The molecule has 0 bridgehead atoms. The van der Waals surface area contributed by atoms with Crippen LogP contribution in [0.5, 0.6) is 0 Å². The number of hydrogen-bond donors (Lipinski definition) is 0. The van der Waals surface area contributed by atoms with Crippen molar-refractivity contribution in [2.75, 3.05) is 14.7 Å². The number of aryl methyl sites for hydroxylation is 4. The molecule has 11 aromatic rings. The molecule has 3 heteroatoms. The normalized spacial score (nSPS) is 13.6. The molecule has 3 nitrogen and oxygen atoms in total. The summed E-state index contributed by atoms with van der Waals surface area (Å²) in [5, 5.41) is 0. The fourth-order valence-electron chi connectivity index (χ4n) is 11.0. The van der Waals surface area contributed by atoms with Gasteiger partial charge in [0.1, 0.15) is 0 Å². The van der Waals surface area contributed by atoms with Crippen LogP contribution in [0.1, 0.15) is 46.2 Å². The van der Waals surface area contributed by atoms with E-state index < -0.39 is 0 Å². The third-order valence-corrected chi connectivity index (χ3v) is 15.1. The van der Waals surface area contributed by atoms with E-state index in [1.54, 1.807) is 0 Å². The Morgan fingerprint density at radius 1 is 0.287 bits per heavy atom. The minimum Gasteiger partial charge on any atom is -0.311 e. The first-order chi connectivity index (χ1) is 39.3. The Balaban J connectivity index is 0.000000896. The maximum absolute atomic E-state index is 2.53. The van der Waals surface area contributed by atoms with Crippen molar-refractivity contribution < 1.29 is 0 Å². The van der Waals surface area contributed by atoms with Crippen LogP contribution in [0.25, 0.3) is 27.8 Å². The molecule has 0 aromatic heterocycles. The molecule has 0 saturated carbocycles. The summed E-state index contributed by atoms with van der Waals surface area (Å²) in [7, 11) is 0. The van der Waals surface area contributed by atoms with Crippen molar-refractivity contribution in [2.24, 2.45) is 5.92 Å².